The van der Waals surface area contributed by atoms with Gasteiger partial charge in [0.15, 0.2) is 0 Å². The van der Waals surface area contributed by atoms with Crippen LogP contribution in [0.5, 0.6) is 0 Å². The SMILES string of the molecule is CCc1cnccc1-c1noc(C(C(C)C)C(C)O)n1. The second-order valence-electron chi connectivity index (χ2n) is 5.35. The molecule has 0 bridgehead atoms. The van der Waals surface area contributed by atoms with Crippen molar-refractivity contribution in [3.8, 4) is 11.4 Å². The predicted molar refractivity (Wildman–Crippen MR) is 76.2 cm³/mol. The quantitative estimate of drug-likeness (QED) is 0.908. The highest BCUT2D eigenvalue weighted by Gasteiger charge is 2.27. The third-order valence-corrected chi connectivity index (χ3v) is 3.49. The fourth-order valence-electron chi connectivity index (χ4n) is 2.46. The first kappa shape index (κ1) is 14.7. The summed E-state index contributed by atoms with van der Waals surface area (Å²) in [5, 5.41) is 13.9. The van der Waals surface area contributed by atoms with E-state index in [2.05, 4.69) is 22.0 Å². The zero-order chi connectivity index (χ0) is 14.7. The average molecular weight is 275 g/mol. The number of hydrogen-bond acceptors (Lipinski definition) is 5. The van der Waals surface area contributed by atoms with Crippen LogP contribution in [0.15, 0.2) is 23.0 Å². The van der Waals surface area contributed by atoms with Crippen LogP contribution in [0.3, 0.4) is 0 Å². The standard InChI is InChI=1S/C15H21N3O2/c1-5-11-8-16-7-6-12(11)14-17-15(20-18-14)13(9(2)3)10(4)19/h6-10,13,19H,5H2,1-4H3. The molecule has 0 radical (unpaired) electrons. The molecule has 0 saturated heterocycles. The largest absolute Gasteiger partial charge is 0.393 e. The van der Waals surface area contributed by atoms with E-state index in [0.29, 0.717) is 11.7 Å². The summed E-state index contributed by atoms with van der Waals surface area (Å²) in [5.41, 5.74) is 2.02. The van der Waals surface area contributed by atoms with Gasteiger partial charge in [-0.15, -0.1) is 0 Å². The molecule has 20 heavy (non-hydrogen) atoms. The maximum absolute atomic E-state index is 9.88. The number of hydrogen-bond donors (Lipinski definition) is 1. The van der Waals surface area contributed by atoms with Crippen LogP contribution < -0.4 is 0 Å². The van der Waals surface area contributed by atoms with Crippen molar-refractivity contribution in [2.75, 3.05) is 0 Å². The van der Waals surface area contributed by atoms with Crippen molar-refractivity contribution in [1.29, 1.82) is 0 Å². The van der Waals surface area contributed by atoms with Gasteiger partial charge < -0.3 is 9.63 Å². The highest BCUT2D eigenvalue weighted by molar-refractivity contribution is 5.58. The number of aromatic nitrogens is 3. The highest BCUT2D eigenvalue weighted by Crippen LogP contribution is 2.29. The molecule has 2 aromatic heterocycles. The Labute approximate surface area is 119 Å². The zero-order valence-electron chi connectivity index (χ0n) is 12.4. The lowest BCUT2D eigenvalue weighted by molar-refractivity contribution is 0.120. The summed E-state index contributed by atoms with van der Waals surface area (Å²) < 4.78 is 5.36. The van der Waals surface area contributed by atoms with Crippen LogP contribution in [-0.4, -0.2) is 26.3 Å². The van der Waals surface area contributed by atoms with Gasteiger partial charge in [0.05, 0.1) is 12.0 Å². The van der Waals surface area contributed by atoms with Gasteiger partial charge in [0.1, 0.15) is 0 Å². The maximum Gasteiger partial charge on any atom is 0.232 e. The molecule has 2 rings (SSSR count). The lowest BCUT2D eigenvalue weighted by atomic mass is 9.91. The van der Waals surface area contributed by atoms with E-state index in [9.17, 15) is 5.11 Å². The molecule has 0 aliphatic rings. The first-order chi connectivity index (χ1) is 9.54. The highest BCUT2D eigenvalue weighted by atomic mass is 16.5. The van der Waals surface area contributed by atoms with E-state index in [0.717, 1.165) is 17.5 Å². The van der Waals surface area contributed by atoms with E-state index in [1.165, 1.54) is 0 Å². The summed E-state index contributed by atoms with van der Waals surface area (Å²) in [6, 6.07) is 1.89. The molecule has 2 aromatic rings. The molecule has 2 heterocycles. The molecule has 0 amide bonds. The summed E-state index contributed by atoms with van der Waals surface area (Å²) in [6.45, 7) is 7.88. The second kappa shape index (κ2) is 6.13. The Bertz CT molecular complexity index is 556. The lowest BCUT2D eigenvalue weighted by Gasteiger charge is -2.19. The van der Waals surface area contributed by atoms with Gasteiger partial charge >= 0.3 is 0 Å². The smallest absolute Gasteiger partial charge is 0.232 e. The van der Waals surface area contributed by atoms with E-state index < -0.39 is 6.10 Å². The fourth-order valence-corrected chi connectivity index (χ4v) is 2.46. The number of aliphatic hydroxyl groups excluding tert-OH is 1. The first-order valence-corrected chi connectivity index (χ1v) is 6.99. The van der Waals surface area contributed by atoms with Crippen molar-refractivity contribution < 1.29 is 9.63 Å². The summed E-state index contributed by atoms with van der Waals surface area (Å²) in [5.74, 6) is 1.13. The Hall–Kier alpha value is -1.75. The molecule has 1 N–H and O–H groups in total. The Morgan fingerprint density at radius 1 is 1.30 bits per heavy atom. The summed E-state index contributed by atoms with van der Waals surface area (Å²) >= 11 is 0. The van der Waals surface area contributed by atoms with Gasteiger partial charge in [-0.3, -0.25) is 4.98 Å². The second-order valence-corrected chi connectivity index (χ2v) is 5.35. The number of nitrogens with zero attached hydrogens (tertiary/aromatic N) is 3. The van der Waals surface area contributed by atoms with Crippen molar-refractivity contribution in [2.24, 2.45) is 5.92 Å². The Morgan fingerprint density at radius 3 is 2.65 bits per heavy atom. The van der Waals surface area contributed by atoms with Gasteiger partial charge in [-0.05, 0) is 30.9 Å². The Balaban J connectivity index is 2.37. The third kappa shape index (κ3) is 2.88. The molecular formula is C15H21N3O2. The van der Waals surface area contributed by atoms with Crippen LogP contribution in [0, 0.1) is 5.92 Å². The van der Waals surface area contributed by atoms with E-state index >= 15 is 0 Å². The molecule has 0 saturated carbocycles. The topological polar surface area (TPSA) is 72.0 Å². The molecular weight excluding hydrogens is 254 g/mol. The van der Waals surface area contributed by atoms with Crippen molar-refractivity contribution in [3.05, 3.63) is 29.9 Å². The van der Waals surface area contributed by atoms with Crippen LogP contribution in [0.4, 0.5) is 0 Å². The predicted octanol–water partition coefficient (Wildman–Crippen LogP) is 2.81. The van der Waals surface area contributed by atoms with Gasteiger partial charge in [-0.25, -0.2) is 0 Å². The molecule has 108 valence electrons. The van der Waals surface area contributed by atoms with E-state index in [1.807, 2.05) is 26.1 Å². The normalized spacial score (nSPS) is 14.5. The molecule has 0 spiro atoms. The molecule has 2 atom stereocenters. The summed E-state index contributed by atoms with van der Waals surface area (Å²) in [4.78, 5) is 8.58. The molecule has 0 aromatic carbocycles. The number of rotatable bonds is 5. The zero-order valence-corrected chi connectivity index (χ0v) is 12.4. The van der Waals surface area contributed by atoms with Crippen LogP contribution in [0.2, 0.25) is 0 Å². The molecule has 0 aliphatic heterocycles. The monoisotopic (exact) mass is 275 g/mol. The minimum atomic E-state index is -0.522. The lowest BCUT2D eigenvalue weighted by Crippen LogP contribution is -2.20. The molecule has 5 nitrogen and oxygen atoms in total. The Kier molecular flexibility index (Phi) is 4.49. The number of pyridine rings is 1. The molecule has 2 unspecified atom stereocenters. The van der Waals surface area contributed by atoms with Crippen molar-refractivity contribution in [3.63, 3.8) is 0 Å². The molecule has 0 fully saturated rings. The fraction of sp³-hybridized carbons (Fsp3) is 0.533. The van der Waals surface area contributed by atoms with E-state index in [-0.39, 0.29) is 11.8 Å². The average Bonchev–Trinajstić information content (AvgIpc) is 2.87. The first-order valence-electron chi connectivity index (χ1n) is 6.99. The van der Waals surface area contributed by atoms with Gasteiger partial charge in [0.25, 0.3) is 0 Å². The van der Waals surface area contributed by atoms with E-state index in [4.69, 9.17) is 4.52 Å². The van der Waals surface area contributed by atoms with Crippen molar-refractivity contribution in [1.82, 2.24) is 15.1 Å². The van der Waals surface area contributed by atoms with Crippen molar-refractivity contribution >= 4 is 0 Å². The number of aryl methyl sites for hydroxylation is 1. The van der Waals surface area contributed by atoms with Crippen LogP contribution in [0.25, 0.3) is 11.4 Å². The van der Waals surface area contributed by atoms with Crippen LogP contribution in [-0.2, 0) is 6.42 Å². The number of aliphatic hydroxyl groups is 1. The minimum absolute atomic E-state index is 0.150. The van der Waals surface area contributed by atoms with Gasteiger partial charge in [-0.2, -0.15) is 4.98 Å². The summed E-state index contributed by atoms with van der Waals surface area (Å²) in [6.07, 6.45) is 3.88. The van der Waals surface area contributed by atoms with Gasteiger partial charge in [-0.1, -0.05) is 25.9 Å². The molecule has 0 aliphatic carbocycles. The maximum atomic E-state index is 9.88. The Morgan fingerprint density at radius 2 is 2.05 bits per heavy atom. The van der Waals surface area contributed by atoms with Gasteiger partial charge in [0.2, 0.25) is 11.7 Å². The minimum Gasteiger partial charge on any atom is -0.393 e. The van der Waals surface area contributed by atoms with Crippen LogP contribution >= 0.6 is 0 Å². The van der Waals surface area contributed by atoms with Crippen molar-refractivity contribution in [2.45, 2.75) is 46.1 Å². The summed E-state index contributed by atoms with van der Waals surface area (Å²) in [7, 11) is 0. The van der Waals surface area contributed by atoms with Gasteiger partial charge in [0, 0.05) is 18.0 Å². The van der Waals surface area contributed by atoms with E-state index in [1.54, 1.807) is 13.1 Å². The third-order valence-electron chi connectivity index (χ3n) is 3.49. The molecule has 5 heteroatoms. The van der Waals surface area contributed by atoms with Crippen LogP contribution in [0.1, 0.15) is 45.1 Å².